The minimum Gasteiger partial charge on any atom is -0.355 e. The van der Waals surface area contributed by atoms with E-state index in [9.17, 15) is 9.18 Å². The molecule has 0 atom stereocenters. The Balaban J connectivity index is 1.34. The summed E-state index contributed by atoms with van der Waals surface area (Å²) in [5.41, 5.74) is 10.2. The molecule has 0 aliphatic carbocycles. The maximum Gasteiger partial charge on any atom is 0.254 e. The Morgan fingerprint density at radius 2 is 1.95 bits per heavy atom. The number of fused-ring (bicyclic) bond motifs is 2. The third-order valence-electron chi connectivity index (χ3n) is 7.57. The summed E-state index contributed by atoms with van der Waals surface area (Å²) in [6.07, 6.45) is 5.44. The SMILES string of the molecule is CNC(=O)c1cc2cn(-c3ccccc3CNc3nc(N4CCC(N)CC4)nc4c(C(C)C)cnn34)nc2cc1F. The van der Waals surface area contributed by atoms with Crippen LogP contribution in [-0.2, 0) is 6.54 Å². The van der Waals surface area contributed by atoms with Crippen LogP contribution in [0.1, 0.15) is 54.1 Å². The first kappa shape index (κ1) is 26.6. The van der Waals surface area contributed by atoms with Crippen molar-refractivity contribution in [2.45, 2.75) is 45.2 Å². The van der Waals surface area contributed by atoms with Gasteiger partial charge in [-0.1, -0.05) is 32.0 Å². The number of nitrogens with two attached hydrogens (primary N) is 1. The van der Waals surface area contributed by atoms with E-state index < -0.39 is 11.7 Å². The van der Waals surface area contributed by atoms with Crippen molar-refractivity contribution in [2.75, 3.05) is 30.4 Å². The van der Waals surface area contributed by atoms with Crippen LogP contribution in [0.15, 0.2) is 48.8 Å². The summed E-state index contributed by atoms with van der Waals surface area (Å²) in [5, 5.41) is 15.8. The number of aromatic nitrogens is 6. The molecule has 11 nitrogen and oxygen atoms in total. The number of anilines is 2. The van der Waals surface area contributed by atoms with Crippen LogP contribution >= 0.6 is 0 Å². The maximum atomic E-state index is 14.6. The third kappa shape index (κ3) is 5.06. The molecule has 4 heterocycles. The number of benzene rings is 2. The van der Waals surface area contributed by atoms with Gasteiger partial charge in [-0.25, -0.2) is 9.07 Å². The van der Waals surface area contributed by atoms with Crippen molar-refractivity contribution in [1.82, 2.24) is 34.7 Å². The molecule has 41 heavy (non-hydrogen) atoms. The highest BCUT2D eigenvalue weighted by Gasteiger charge is 2.22. The van der Waals surface area contributed by atoms with Crippen molar-refractivity contribution < 1.29 is 9.18 Å². The zero-order valence-corrected chi connectivity index (χ0v) is 23.3. The predicted octanol–water partition coefficient (Wildman–Crippen LogP) is 3.62. The molecule has 12 heteroatoms. The van der Waals surface area contributed by atoms with E-state index in [0.717, 1.165) is 48.4 Å². The smallest absolute Gasteiger partial charge is 0.254 e. The van der Waals surface area contributed by atoms with Gasteiger partial charge in [0.25, 0.3) is 5.91 Å². The van der Waals surface area contributed by atoms with E-state index in [0.29, 0.717) is 29.3 Å². The van der Waals surface area contributed by atoms with Crippen molar-refractivity contribution in [3.05, 3.63) is 71.3 Å². The van der Waals surface area contributed by atoms with Gasteiger partial charge in [-0.3, -0.25) is 4.79 Å². The molecule has 212 valence electrons. The molecule has 5 aromatic rings. The maximum absolute atomic E-state index is 14.6. The lowest BCUT2D eigenvalue weighted by Gasteiger charge is -2.30. The molecule has 0 spiro atoms. The van der Waals surface area contributed by atoms with Crippen LogP contribution in [0, 0.1) is 5.82 Å². The van der Waals surface area contributed by atoms with Crippen molar-refractivity contribution in [1.29, 1.82) is 0 Å². The van der Waals surface area contributed by atoms with Crippen LogP contribution in [0.3, 0.4) is 0 Å². The molecular formula is C29H33FN10O. The van der Waals surface area contributed by atoms with Crippen molar-refractivity contribution in [2.24, 2.45) is 5.73 Å². The second-order valence-corrected chi connectivity index (χ2v) is 10.7. The molecule has 0 radical (unpaired) electrons. The molecule has 6 rings (SSSR count). The molecule has 3 aromatic heterocycles. The molecule has 0 unspecified atom stereocenters. The topological polar surface area (TPSA) is 131 Å². The molecule has 4 N–H and O–H groups in total. The van der Waals surface area contributed by atoms with Crippen LogP contribution in [0.2, 0.25) is 0 Å². The fourth-order valence-corrected chi connectivity index (χ4v) is 5.18. The van der Waals surface area contributed by atoms with Crippen molar-refractivity contribution in [3.63, 3.8) is 0 Å². The minimum atomic E-state index is -0.615. The van der Waals surface area contributed by atoms with Crippen LogP contribution in [0.25, 0.3) is 22.2 Å². The number of carbonyl (C=O) groups is 1. The molecule has 1 saturated heterocycles. The molecular weight excluding hydrogens is 523 g/mol. The summed E-state index contributed by atoms with van der Waals surface area (Å²) in [5.74, 6) is 0.404. The highest BCUT2D eigenvalue weighted by molar-refractivity contribution is 5.98. The monoisotopic (exact) mass is 556 g/mol. The van der Waals surface area contributed by atoms with Gasteiger partial charge in [0.05, 0.1) is 23.0 Å². The van der Waals surface area contributed by atoms with Crippen molar-refractivity contribution >= 4 is 34.4 Å². The lowest BCUT2D eigenvalue weighted by atomic mass is 10.1. The Kier molecular flexibility index (Phi) is 7.00. The Bertz CT molecular complexity index is 1730. The van der Waals surface area contributed by atoms with Gasteiger partial charge in [0.2, 0.25) is 11.9 Å². The second kappa shape index (κ2) is 10.8. The summed E-state index contributed by atoms with van der Waals surface area (Å²) in [6, 6.07) is 10.8. The van der Waals surface area contributed by atoms with Gasteiger partial charge in [0.15, 0.2) is 5.65 Å². The third-order valence-corrected chi connectivity index (χ3v) is 7.57. The number of rotatable bonds is 7. The molecule has 1 aliphatic heterocycles. The standard InChI is InChI=1S/C29H33FN10O/c1-17(2)22-15-34-40-26(22)35-29(38-10-8-20(31)9-11-38)36-28(40)33-14-18-6-4-5-7-25(18)39-16-19-12-21(27(41)32-3)23(30)13-24(19)37-39/h4-7,12-13,15-17,20H,8-11,14,31H2,1-3H3,(H,32,41)(H,33,35,36). The molecule has 1 amide bonds. The van der Waals surface area contributed by atoms with Crippen molar-refractivity contribution in [3.8, 4) is 5.69 Å². The quantitative estimate of drug-likeness (QED) is 0.277. The van der Waals surface area contributed by atoms with Gasteiger partial charge in [0, 0.05) is 55.9 Å². The molecule has 0 bridgehead atoms. The Morgan fingerprint density at radius 1 is 1.17 bits per heavy atom. The van der Waals surface area contributed by atoms with Gasteiger partial charge in [0.1, 0.15) is 5.82 Å². The highest BCUT2D eigenvalue weighted by atomic mass is 19.1. The number of hydrogen-bond donors (Lipinski definition) is 3. The van der Waals surface area contributed by atoms with E-state index in [4.69, 9.17) is 15.7 Å². The minimum absolute atomic E-state index is 0.0197. The van der Waals surface area contributed by atoms with E-state index in [-0.39, 0.29) is 17.5 Å². The summed E-state index contributed by atoms with van der Waals surface area (Å²) >= 11 is 0. The van der Waals surface area contributed by atoms with E-state index in [1.54, 1.807) is 15.4 Å². The van der Waals surface area contributed by atoms with Gasteiger partial charge in [-0.2, -0.15) is 24.7 Å². The van der Waals surface area contributed by atoms with E-state index in [2.05, 4.69) is 39.6 Å². The number of nitrogens with one attached hydrogen (secondary N) is 2. The molecule has 1 fully saturated rings. The Labute approximate surface area is 236 Å². The fraction of sp³-hybridized carbons (Fsp3) is 0.345. The summed E-state index contributed by atoms with van der Waals surface area (Å²) < 4.78 is 18.0. The normalized spacial score (nSPS) is 14.3. The summed E-state index contributed by atoms with van der Waals surface area (Å²) in [6.45, 7) is 6.29. The van der Waals surface area contributed by atoms with Crippen LogP contribution in [-0.4, -0.2) is 61.4 Å². The van der Waals surface area contributed by atoms with E-state index in [1.165, 1.54) is 19.2 Å². The van der Waals surface area contributed by atoms with Gasteiger partial charge >= 0.3 is 0 Å². The Hall–Kier alpha value is -4.58. The highest BCUT2D eigenvalue weighted by Crippen LogP contribution is 2.26. The first-order valence-corrected chi connectivity index (χ1v) is 13.8. The average Bonchev–Trinajstić information content (AvgIpc) is 3.59. The fourth-order valence-electron chi connectivity index (χ4n) is 5.18. The Morgan fingerprint density at radius 3 is 2.71 bits per heavy atom. The number of para-hydroxylation sites is 1. The van der Waals surface area contributed by atoms with Crippen LogP contribution < -0.4 is 21.3 Å². The first-order valence-electron chi connectivity index (χ1n) is 13.8. The number of halogens is 1. The predicted molar refractivity (Wildman–Crippen MR) is 156 cm³/mol. The largest absolute Gasteiger partial charge is 0.355 e. The van der Waals surface area contributed by atoms with Crippen LogP contribution in [0.5, 0.6) is 0 Å². The number of piperidine rings is 1. The zero-order valence-electron chi connectivity index (χ0n) is 23.3. The number of nitrogens with zero attached hydrogens (tertiary/aromatic N) is 7. The second-order valence-electron chi connectivity index (χ2n) is 10.7. The van der Waals surface area contributed by atoms with E-state index in [1.807, 2.05) is 30.5 Å². The lowest BCUT2D eigenvalue weighted by molar-refractivity contribution is 0.0959. The number of hydrogen-bond acceptors (Lipinski definition) is 8. The first-order chi connectivity index (χ1) is 19.8. The van der Waals surface area contributed by atoms with E-state index >= 15 is 0 Å². The zero-order chi connectivity index (χ0) is 28.7. The number of carbonyl (C=O) groups excluding carboxylic acids is 1. The van der Waals surface area contributed by atoms with Gasteiger partial charge < -0.3 is 21.3 Å². The number of amides is 1. The molecule has 2 aromatic carbocycles. The van der Waals surface area contributed by atoms with Gasteiger partial charge in [-0.05, 0) is 36.5 Å². The summed E-state index contributed by atoms with van der Waals surface area (Å²) in [4.78, 5) is 24.1. The average molecular weight is 557 g/mol. The summed E-state index contributed by atoms with van der Waals surface area (Å²) in [7, 11) is 1.47. The van der Waals surface area contributed by atoms with Crippen LogP contribution in [0.4, 0.5) is 16.3 Å². The van der Waals surface area contributed by atoms with Gasteiger partial charge in [-0.15, -0.1) is 0 Å². The molecule has 1 aliphatic rings. The lowest BCUT2D eigenvalue weighted by Crippen LogP contribution is -2.40. The molecule has 0 saturated carbocycles.